The van der Waals surface area contributed by atoms with E-state index in [1.54, 1.807) is 6.08 Å². The molecule has 0 nitrogen and oxygen atoms in total. The van der Waals surface area contributed by atoms with Gasteiger partial charge >= 0.3 is 0 Å². The van der Waals surface area contributed by atoms with Crippen LogP contribution in [0.5, 0.6) is 0 Å². The normalized spacial score (nSPS) is 11.5. The van der Waals surface area contributed by atoms with Crippen LogP contribution >= 0.6 is 0 Å². The molecular formula is C15H25. The first-order valence-electron chi connectivity index (χ1n) is 6.27. The van der Waals surface area contributed by atoms with Gasteiger partial charge in [0.05, 0.1) is 0 Å². The van der Waals surface area contributed by atoms with Crippen molar-refractivity contribution in [2.75, 3.05) is 0 Å². The Bertz CT molecular complexity index is 174. The molecule has 0 aromatic carbocycles. The Morgan fingerprint density at radius 3 is 2.00 bits per heavy atom. The fourth-order valence-corrected chi connectivity index (χ4v) is 1.46. The summed E-state index contributed by atoms with van der Waals surface area (Å²) in [6.45, 7) is 7.45. The molecule has 1 radical (unpaired) electrons. The van der Waals surface area contributed by atoms with Gasteiger partial charge in [-0.1, -0.05) is 63.1 Å². The molecule has 0 N–H and O–H groups in total. The predicted octanol–water partition coefficient (Wildman–Crippen LogP) is 5.23. The smallest absolute Gasteiger partial charge is 0.0348 e. The minimum Gasteiger partial charge on any atom is -0.0885 e. The summed E-state index contributed by atoms with van der Waals surface area (Å²) >= 11 is 0. The highest BCUT2D eigenvalue weighted by atomic mass is 13.9. The lowest BCUT2D eigenvalue weighted by molar-refractivity contribution is 0.652. The first-order valence-corrected chi connectivity index (χ1v) is 6.27. The van der Waals surface area contributed by atoms with Crippen LogP contribution < -0.4 is 0 Å². The first kappa shape index (κ1) is 14.2. The van der Waals surface area contributed by atoms with Crippen molar-refractivity contribution in [2.45, 2.75) is 58.3 Å². The van der Waals surface area contributed by atoms with E-state index < -0.39 is 0 Å². The predicted molar refractivity (Wildman–Crippen MR) is 69.8 cm³/mol. The second kappa shape index (κ2) is 13.2. The van der Waals surface area contributed by atoms with Gasteiger partial charge in [-0.2, -0.15) is 0 Å². The molecule has 0 aromatic rings. The molecule has 0 amide bonds. The zero-order valence-corrected chi connectivity index (χ0v) is 10.1. The maximum Gasteiger partial charge on any atom is -0.0348 e. The van der Waals surface area contributed by atoms with Crippen molar-refractivity contribution in [3.8, 4) is 0 Å². The Balaban J connectivity index is 3.04. The molecule has 0 aliphatic heterocycles. The second-order valence-corrected chi connectivity index (χ2v) is 3.87. The van der Waals surface area contributed by atoms with Gasteiger partial charge in [-0.05, 0) is 32.1 Å². The van der Waals surface area contributed by atoms with Gasteiger partial charge in [-0.15, -0.1) is 0 Å². The number of hydrogen-bond acceptors (Lipinski definition) is 0. The zero-order valence-electron chi connectivity index (χ0n) is 10.1. The summed E-state index contributed by atoms with van der Waals surface area (Å²) in [5.74, 6) is 0. The topological polar surface area (TPSA) is 0 Å². The quantitative estimate of drug-likeness (QED) is 0.260. The molecule has 0 saturated carbocycles. The molecule has 85 valence electrons. The minimum atomic E-state index is 1.17. The third kappa shape index (κ3) is 13.2. The summed E-state index contributed by atoms with van der Waals surface area (Å²) in [4.78, 5) is 0. The van der Waals surface area contributed by atoms with Crippen molar-refractivity contribution in [3.63, 3.8) is 0 Å². The van der Waals surface area contributed by atoms with Gasteiger partial charge in [0.25, 0.3) is 0 Å². The summed E-state index contributed by atoms with van der Waals surface area (Å²) in [5.41, 5.74) is 0. The van der Waals surface area contributed by atoms with Crippen LogP contribution in [0, 0.1) is 6.58 Å². The molecular weight excluding hydrogens is 180 g/mol. The van der Waals surface area contributed by atoms with Gasteiger partial charge in [0.1, 0.15) is 0 Å². The first-order chi connectivity index (χ1) is 7.41. The Morgan fingerprint density at radius 1 is 0.800 bits per heavy atom. The van der Waals surface area contributed by atoms with Crippen LogP contribution in [0.1, 0.15) is 58.3 Å². The molecule has 0 aliphatic carbocycles. The fourth-order valence-electron chi connectivity index (χ4n) is 1.46. The van der Waals surface area contributed by atoms with Crippen LogP contribution in [-0.4, -0.2) is 0 Å². The molecule has 0 heterocycles. The van der Waals surface area contributed by atoms with Crippen molar-refractivity contribution in [1.29, 1.82) is 0 Å². The van der Waals surface area contributed by atoms with Gasteiger partial charge in [0.15, 0.2) is 0 Å². The van der Waals surface area contributed by atoms with Gasteiger partial charge in [0.2, 0.25) is 0 Å². The van der Waals surface area contributed by atoms with Crippen LogP contribution in [0.15, 0.2) is 30.4 Å². The van der Waals surface area contributed by atoms with E-state index in [9.17, 15) is 0 Å². The Hall–Kier alpha value is -0.780. The van der Waals surface area contributed by atoms with E-state index >= 15 is 0 Å². The molecule has 0 atom stereocenters. The standard InChI is InChI=1S/C15H25/c1-3-5-7-9-11-13-15-14-12-10-8-6-4-2/h1,3,5,7-8,10H,4,6,9,11-15H2,2H3. The molecule has 0 bridgehead atoms. The Labute approximate surface area is 95.8 Å². The van der Waals surface area contributed by atoms with E-state index in [0.717, 1.165) is 0 Å². The van der Waals surface area contributed by atoms with E-state index in [4.69, 9.17) is 6.58 Å². The number of unbranched alkanes of at least 4 members (excludes halogenated alkanes) is 6. The molecule has 15 heavy (non-hydrogen) atoms. The van der Waals surface area contributed by atoms with Crippen LogP contribution in [0.4, 0.5) is 0 Å². The highest BCUT2D eigenvalue weighted by molar-refractivity contribution is 4.95. The monoisotopic (exact) mass is 205 g/mol. The largest absolute Gasteiger partial charge is 0.0885 e. The average molecular weight is 205 g/mol. The van der Waals surface area contributed by atoms with Crippen molar-refractivity contribution in [2.24, 2.45) is 0 Å². The summed E-state index contributed by atoms with van der Waals surface area (Å²) in [5, 5.41) is 0. The highest BCUT2D eigenvalue weighted by Crippen LogP contribution is 2.06. The lowest BCUT2D eigenvalue weighted by Crippen LogP contribution is -1.76. The van der Waals surface area contributed by atoms with E-state index in [1.165, 1.54) is 51.4 Å². The highest BCUT2D eigenvalue weighted by Gasteiger charge is 1.87. The van der Waals surface area contributed by atoms with E-state index in [1.807, 2.05) is 6.08 Å². The number of rotatable bonds is 10. The van der Waals surface area contributed by atoms with Gasteiger partial charge in [-0.25, -0.2) is 0 Å². The molecule has 0 saturated heterocycles. The summed E-state index contributed by atoms with van der Waals surface area (Å²) < 4.78 is 0. The second-order valence-electron chi connectivity index (χ2n) is 3.87. The molecule has 0 aromatic heterocycles. The lowest BCUT2D eigenvalue weighted by atomic mass is 10.1. The molecule has 0 heteroatoms. The van der Waals surface area contributed by atoms with Gasteiger partial charge < -0.3 is 0 Å². The maximum absolute atomic E-state index is 5.23. The number of allylic oxidation sites excluding steroid dienone is 5. The van der Waals surface area contributed by atoms with Gasteiger partial charge in [0, 0.05) is 0 Å². The van der Waals surface area contributed by atoms with Crippen molar-refractivity contribution in [1.82, 2.24) is 0 Å². The van der Waals surface area contributed by atoms with Crippen LogP contribution in [0.2, 0.25) is 0 Å². The van der Waals surface area contributed by atoms with Crippen LogP contribution in [-0.2, 0) is 0 Å². The Morgan fingerprint density at radius 2 is 1.40 bits per heavy atom. The minimum absolute atomic E-state index is 1.17. The third-order valence-corrected chi connectivity index (χ3v) is 2.36. The third-order valence-electron chi connectivity index (χ3n) is 2.36. The SMILES string of the molecule is [CH]=CC=CCCCCCCC=CCCC. The van der Waals surface area contributed by atoms with E-state index in [0.29, 0.717) is 0 Å². The summed E-state index contributed by atoms with van der Waals surface area (Å²) in [6.07, 6.45) is 20.6. The van der Waals surface area contributed by atoms with E-state index in [2.05, 4.69) is 25.2 Å². The summed E-state index contributed by atoms with van der Waals surface area (Å²) in [6, 6.07) is 0. The van der Waals surface area contributed by atoms with Crippen molar-refractivity contribution >= 4 is 0 Å². The van der Waals surface area contributed by atoms with Crippen molar-refractivity contribution < 1.29 is 0 Å². The average Bonchev–Trinajstić information content (AvgIpc) is 2.26. The molecule has 0 spiro atoms. The summed E-state index contributed by atoms with van der Waals surface area (Å²) in [7, 11) is 0. The van der Waals surface area contributed by atoms with E-state index in [-0.39, 0.29) is 0 Å². The Kier molecular flexibility index (Phi) is 12.5. The lowest BCUT2D eigenvalue weighted by Gasteiger charge is -1.96. The fraction of sp³-hybridized carbons (Fsp3) is 0.600. The van der Waals surface area contributed by atoms with Gasteiger partial charge in [-0.3, -0.25) is 0 Å². The van der Waals surface area contributed by atoms with Crippen LogP contribution in [0.3, 0.4) is 0 Å². The molecule has 0 unspecified atom stereocenters. The molecule has 0 aliphatic rings. The maximum atomic E-state index is 5.23. The molecule has 0 fully saturated rings. The van der Waals surface area contributed by atoms with Crippen molar-refractivity contribution in [3.05, 3.63) is 37.0 Å². The number of hydrogen-bond donors (Lipinski definition) is 0. The van der Waals surface area contributed by atoms with Crippen LogP contribution in [0.25, 0.3) is 0 Å². The zero-order chi connectivity index (χ0) is 11.2. The molecule has 0 rings (SSSR count).